The van der Waals surface area contributed by atoms with Crippen molar-refractivity contribution in [3.05, 3.63) is 24.3 Å². The molecule has 1 amide bonds. The molecule has 0 bridgehead atoms. The first-order valence-corrected chi connectivity index (χ1v) is 4.09. The Bertz CT molecular complexity index is 363. The largest absolute Gasteiger partial charge is 0.471 e. The molecule has 15 heavy (non-hydrogen) atoms. The molecule has 0 unspecified atom stereocenters. The van der Waals surface area contributed by atoms with E-state index in [1.165, 1.54) is 18.2 Å². The van der Waals surface area contributed by atoms with Gasteiger partial charge in [0.2, 0.25) is 0 Å². The zero-order valence-electron chi connectivity index (χ0n) is 7.85. The predicted octanol–water partition coefficient (Wildman–Crippen LogP) is 2.23. The molecular formula is C9H9F3N2O. The summed E-state index contributed by atoms with van der Waals surface area (Å²) < 4.78 is 35.7. The second-order valence-corrected chi connectivity index (χ2v) is 2.78. The summed E-state index contributed by atoms with van der Waals surface area (Å²) in [5, 5.41) is 4.50. The van der Waals surface area contributed by atoms with E-state index in [0.717, 1.165) is 0 Å². The van der Waals surface area contributed by atoms with Crippen molar-refractivity contribution in [3.8, 4) is 0 Å². The zero-order chi connectivity index (χ0) is 11.5. The summed E-state index contributed by atoms with van der Waals surface area (Å²) >= 11 is 0. The highest BCUT2D eigenvalue weighted by atomic mass is 19.4. The molecule has 0 aliphatic carbocycles. The first kappa shape index (κ1) is 11.4. The number of alkyl halides is 3. The Morgan fingerprint density at radius 2 is 1.87 bits per heavy atom. The molecule has 6 heteroatoms. The Morgan fingerprint density at radius 1 is 1.27 bits per heavy atom. The number of nitrogens with one attached hydrogen (secondary N) is 2. The van der Waals surface area contributed by atoms with Gasteiger partial charge in [-0.15, -0.1) is 0 Å². The number of hydrogen-bond acceptors (Lipinski definition) is 2. The molecular weight excluding hydrogens is 209 g/mol. The number of rotatable bonds is 2. The lowest BCUT2D eigenvalue weighted by atomic mass is 10.3. The van der Waals surface area contributed by atoms with Crippen molar-refractivity contribution in [1.82, 2.24) is 0 Å². The summed E-state index contributed by atoms with van der Waals surface area (Å²) in [5.41, 5.74) is 0.721. The van der Waals surface area contributed by atoms with Crippen LogP contribution in [0, 0.1) is 0 Å². The fourth-order valence-corrected chi connectivity index (χ4v) is 0.954. The van der Waals surface area contributed by atoms with Gasteiger partial charge in [0, 0.05) is 18.4 Å². The third-order valence-electron chi connectivity index (χ3n) is 1.67. The average Bonchev–Trinajstić information content (AvgIpc) is 2.16. The molecule has 0 spiro atoms. The van der Waals surface area contributed by atoms with Gasteiger partial charge in [0.25, 0.3) is 0 Å². The van der Waals surface area contributed by atoms with Crippen LogP contribution < -0.4 is 10.6 Å². The van der Waals surface area contributed by atoms with Gasteiger partial charge in [-0.05, 0) is 18.2 Å². The molecule has 0 saturated heterocycles. The summed E-state index contributed by atoms with van der Waals surface area (Å²) in [5.74, 6) is -1.98. The summed E-state index contributed by atoms with van der Waals surface area (Å²) in [4.78, 5) is 10.6. The molecule has 0 fully saturated rings. The highest BCUT2D eigenvalue weighted by Gasteiger charge is 2.38. The highest BCUT2D eigenvalue weighted by Crippen LogP contribution is 2.20. The van der Waals surface area contributed by atoms with E-state index in [-0.39, 0.29) is 5.69 Å². The van der Waals surface area contributed by atoms with Gasteiger partial charge in [-0.1, -0.05) is 6.07 Å². The van der Waals surface area contributed by atoms with Crippen LogP contribution in [0.5, 0.6) is 0 Å². The maximum atomic E-state index is 11.9. The van der Waals surface area contributed by atoms with Gasteiger partial charge in [0.15, 0.2) is 0 Å². The van der Waals surface area contributed by atoms with Crippen LogP contribution in [0.15, 0.2) is 24.3 Å². The van der Waals surface area contributed by atoms with Crippen molar-refractivity contribution in [1.29, 1.82) is 0 Å². The molecule has 82 valence electrons. The Labute approximate surface area is 84.3 Å². The van der Waals surface area contributed by atoms with Gasteiger partial charge < -0.3 is 10.6 Å². The van der Waals surface area contributed by atoms with Gasteiger partial charge in [-0.25, -0.2) is 0 Å². The molecule has 0 saturated carbocycles. The van der Waals surface area contributed by atoms with Crippen molar-refractivity contribution < 1.29 is 18.0 Å². The zero-order valence-corrected chi connectivity index (χ0v) is 7.85. The van der Waals surface area contributed by atoms with Gasteiger partial charge in [-0.2, -0.15) is 13.2 Å². The third kappa shape index (κ3) is 3.16. The molecule has 0 atom stereocenters. The van der Waals surface area contributed by atoms with Crippen LogP contribution in [0.1, 0.15) is 0 Å². The van der Waals surface area contributed by atoms with Crippen LogP contribution in [0.25, 0.3) is 0 Å². The lowest BCUT2D eigenvalue weighted by Crippen LogP contribution is -2.29. The number of hydrogen-bond donors (Lipinski definition) is 2. The molecule has 0 radical (unpaired) electrons. The van der Waals surface area contributed by atoms with Crippen LogP contribution in [0.3, 0.4) is 0 Å². The van der Waals surface area contributed by atoms with Gasteiger partial charge in [-0.3, -0.25) is 4.79 Å². The first-order valence-electron chi connectivity index (χ1n) is 4.09. The second kappa shape index (κ2) is 4.20. The van der Waals surface area contributed by atoms with Crippen molar-refractivity contribution >= 4 is 17.3 Å². The number of anilines is 2. The molecule has 0 aliphatic rings. The van der Waals surface area contributed by atoms with E-state index < -0.39 is 12.1 Å². The van der Waals surface area contributed by atoms with Gasteiger partial charge >= 0.3 is 12.1 Å². The lowest BCUT2D eigenvalue weighted by molar-refractivity contribution is -0.167. The number of halogens is 3. The fourth-order valence-electron chi connectivity index (χ4n) is 0.954. The normalized spacial score (nSPS) is 10.9. The van der Waals surface area contributed by atoms with Crippen molar-refractivity contribution in [2.75, 3.05) is 17.7 Å². The number of benzene rings is 1. The Morgan fingerprint density at radius 3 is 2.40 bits per heavy atom. The van der Waals surface area contributed by atoms with E-state index in [0.29, 0.717) is 5.69 Å². The van der Waals surface area contributed by atoms with E-state index in [1.54, 1.807) is 18.4 Å². The fraction of sp³-hybridized carbons (Fsp3) is 0.222. The van der Waals surface area contributed by atoms with Crippen molar-refractivity contribution in [2.24, 2.45) is 0 Å². The maximum Gasteiger partial charge on any atom is 0.471 e. The Hall–Kier alpha value is -1.72. The highest BCUT2D eigenvalue weighted by molar-refractivity contribution is 5.95. The second-order valence-electron chi connectivity index (χ2n) is 2.78. The number of amides is 1. The molecule has 0 aromatic heterocycles. The topological polar surface area (TPSA) is 41.1 Å². The maximum absolute atomic E-state index is 11.9. The van der Waals surface area contributed by atoms with Crippen molar-refractivity contribution in [2.45, 2.75) is 6.18 Å². The summed E-state index contributed by atoms with van der Waals surface area (Å²) in [6, 6.07) is 6.00. The lowest BCUT2D eigenvalue weighted by Gasteiger charge is -2.08. The molecule has 3 nitrogen and oxygen atoms in total. The number of carbonyl (C=O) groups excluding carboxylic acids is 1. The number of carbonyl (C=O) groups is 1. The van der Waals surface area contributed by atoms with E-state index in [4.69, 9.17) is 0 Å². The SMILES string of the molecule is CNc1cccc(NC(=O)C(F)(F)F)c1. The summed E-state index contributed by atoms with van der Waals surface area (Å²) in [6.45, 7) is 0. The van der Waals surface area contributed by atoms with Crippen molar-refractivity contribution in [3.63, 3.8) is 0 Å². The minimum Gasteiger partial charge on any atom is -0.388 e. The average molecular weight is 218 g/mol. The molecule has 0 aliphatic heterocycles. The van der Waals surface area contributed by atoms with Crippen LogP contribution in [-0.2, 0) is 4.79 Å². The monoisotopic (exact) mass is 218 g/mol. The van der Waals surface area contributed by atoms with Crippen LogP contribution in [0.4, 0.5) is 24.5 Å². The Kier molecular flexibility index (Phi) is 3.18. The predicted molar refractivity (Wildman–Crippen MR) is 50.7 cm³/mol. The van der Waals surface area contributed by atoms with Crippen LogP contribution in [-0.4, -0.2) is 19.1 Å². The van der Waals surface area contributed by atoms with E-state index in [1.807, 2.05) is 0 Å². The quantitative estimate of drug-likeness (QED) is 0.799. The van der Waals surface area contributed by atoms with Crippen LogP contribution in [0.2, 0.25) is 0 Å². The van der Waals surface area contributed by atoms with E-state index >= 15 is 0 Å². The minimum atomic E-state index is -4.87. The Balaban J connectivity index is 2.77. The summed E-state index contributed by atoms with van der Waals surface area (Å²) in [7, 11) is 1.63. The third-order valence-corrected chi connectivity index (χ3v) is 1.67. The molecule has 0 heterocycles. The summed E-state index contributed by atoms with van der Waals surface area (Å²) in [6.07, 6.45) is -4.87. The van der Waals surface area contributed by atoms with E-state index in [9.17, 15) is 18.0 Å². The van der Waals surface area contributed by atoms with Gasteiger partial charge in [0.05, 0.1) is 0 Å². The minimum absolute atomic E-state index is 0.101. The van der Waals surface area contributed by atoms with Crippen LogP contribution >= 0.6 is 0 Å². The van der Waals surface area contributed by atoms with E-state index in [2.05, 4.69) is 5.32 Å². The molecule has 1 rings (SSSR count). The van der Waals surface area contributed by atoms with Gasteiger partial charge in [0.1, 0.15) is 0 Å². The standard InChI is InChI=1S/C9H9F3N2O/c1-13-6-3-2-4-7(5-6)14-8(15)9(10,11)12/h2-5,13H,1H3,(H,14,15). The molecule has 2 N–H and O–H groups in total. The molecule has 1 aromatic carbocycles. The smallest absolute Gasteiger partial charge is 0.388 e. The molecule has 1 aromatic rings. The first-order chi connectivity index (χ1) is 6.93.